The first-order valence-electron chi connectivity index (χ1n) is 3.63. The molecule has 0 spiro atoms. The van der Waals surface area contributed by atoms with Crippen LogP contribution in [0.2, 0.25) is 5.15 Å². The topological polar surface area (TPSA) is 42.0 Å². The third-order valence-corrected chi connectivity index (χ3v) is 1.50. The molecule has 1 rings (SSSR count). The Morgan fingerprint density at radius 1 is 1.67 bits per heavy atom. The monoisotopic (exact) mass is 184 g/mol. The van der Waals surface area contributed by atoms with Gasteiger partial charge in [-0.1, -0.05) is 11.6 Å². The van der Waals surface area contributed by atoms with Gasteiger partial charge in [-0.2, -0.15) is 0 Å². The second-order valence-electron chi connectivity index (χ2n) is 2.26. The van der Waals surface area contributed by atoms with E-state index in [1.807, 2.05) is 6.92 Å². The Morgan fingerprint density at radius 3 is 3.00 bits per heavy atom. The van der Waals surface area contributed by atoms with E-state index in [0.717, 1.165) is 12.8 Å². The largest absolute Gasteiger partial charge is 0.370 e. The first-order valence-corrected chi connectivity index (χ1v) is 4.00. The summed E-state index contributed by atoms with van der Waals surface area (Å²) in [7, 11) is 0. The average Bonchev–Trinajstić information content (AvgIpc) is 2.04. The summed E-state index contributed by atoms with van der Waals surface area (Å²) >= 11 is 5.65. The van der Waals surface area contributed by atoms with Crippen molar-refractivity contribution in [1.82, 2.24) is 4.98 Å². The highest BCUT2D eigenvalue weighted by Crippen LogP contribution is 2.12. The summed E-state index contributed by atoms with van der Waals surface area (Å²) in [5.41, 5.74) is 0.533. The molecule has 1 aromatic rings. The highest BCUT2D eigenvalue weighted by Gasteiger charge is 1.98. The normalized spacial score (nSPS) is 9.50. The van der Waals surface area contributed by atoms with E-state index in [9.17, 15) is 4.79 Å². The number of hydrogen-bond donors (Lipinski definition) is 1. The van der Waals surface area contributed by atoms with Gasteiger partial charge < -0.3 is 5.32 Å². The lowest BCUT2D eigenvalue weighted by Crippen LogP contribution is -1.99. The molecular weight excluding hydrogens is 176 g/mol. The molecule has 0 fully saturated rings. The van der Waals surface area contributed by atoms with Crippen LogP contribution in [0.1, 0.15) is 17.3 Å². The molecule has 0 aliphatic rings. The SMILES string of the molecule is CCNc1cc(C=O)cc(Cl)n1. The number of anilines is 1. The lowest BCUT2D eigenvalue weighted by Gasteiger charge is -2.02. The Labute approximate surface area is 75.8 Å². The third kappa shape index (κ3) is 2.20. The molecule has 0 unspecified atom stereocenters. The van der Waals surface area contributed by atoms with E-state index in [1.165, 1.54) is 6.07 Å². The van der Waals surface area contributed by atoms with Crippen molar-refractivity contribution in [3.8, 4) is 0 Å². The van der Waals surface area contributed by atoms with Crippen LogP contribution in [0.3, 0.4) is 0 Å². The molecule has 0 aliphatic heterocycles. The van der Waals surface area contributed by atoms with Gasteiger partial charge in [0, 0.05) is 12.1 Å². The third-order valence-electron chi connectivity index (χ3n) is 1.31. The Bertz CT molecular complexity index is 288. The molecule has 12 heavy (non-hydrogen) atoms. The van der Waals surface area contributed by atoms with E-state index in [2.05, 4.69) is 10.3 Å². The second kappa shape index (κ2) is 4.07. The maximum Gasteiger partial charge on any atom is 0.150 e. The van der Waals surface area contributed by atoms with Crippen LogP contribution in [-0.4, -0.2) is 17.8 Å². The van der Waals surface area contributed by atoms with Gasteiger partial charge in [0.25, 0.3) is 0 Å². The van der Waals surface area contributed by atoms with Gasteiger partial charge in [0.05, 0.1) is 0 Å². The molecule has 0 amide bonds. The first kappa shape index (κ1) is 9.00. The molecule has 1 N–H and O–H groups in total. The standard InChI is InChI=1S/C8H9ClN2O/c1-2-10-8-4-6(5-12)3-7(9)11-8/h3-5H,2H2,1H3,(H,10,11). The summed E-state index contributed by atoms with van der Waals surface area (Å²) in [6.07, 6.45) is 0.744. The van der Waals surface area contributed by atoms with Crippen LogP contribution in [0.15, 0.2) is 12.1 Å². The Kier molecular flexibility index (Phi) is 3.05. The summed E-state index contributed by atoms with van der Waals surface area (Å²) in [6.45, 7) is 2.70. The smallest absolute Gasteiger partial charge is 0.150 e. The van der Waals surface area contributed by atoms with Crippen molar-refractivity contribution in [3.63, 3.8) is 0 Å². The minimum absolute atomic E-state index is 0.329. The van der Waals surface area contributed by atoms with Gasteiger partial charge in [0.15, 0.2) is 0 Å². The summed E-state index contributed by atoms with van der Waals surface area (Å²) in [5, 5.41) is 3.30. The highest BCUT2D eigenvalue weighted by molar-refractivity contribution is 6.29. The predicted molar refractivity (Wildman–Crippen MR) is 48.8 cm³/mol. The van der Waals surface area contributed by atoms with Gasteiger partial charge in [-0.25, -0.2) is 4.98 Å². The summed E-state index contributed by atoms with van der Waals surface area (Å²) in [4.78, 5) is 14.4. The van der Waals surface area contributed by atoms with Gasteiger partial charge in [-0.3, -0.25) is 4.79 Å². The zero-order valence-electron chi connectivity index (χ0n) is 6.67. The molecule has 0 aromatic carbocycles. The van der Waals surface area contributed by atoms with E-state index < -0.39 is 0 Å². The number of aromatic nitrogens is 1. The van der Waals surface area contributed by atoms with Crippen molar-refractivity contribution in [3.05, 3.63) is 22.8 Å². The quantitative estimate of drug-likeness (QED) is 0.577. The Balaban J connectivity index is 2.97. The van der Waals surface area contributed by atoms with Gasteiger partial charge in [-0.05, 0) is 19.1 Å². The molecule has 0 saturated carbocycles. The number of carbonyl (C=O) groups is 1. The van der Waals surface area contributed by atoms with E-state index in [-0.39, 0.29) is 0 Å². The Hall–Kier alpha value is -1.09. The molecular formula is C8H9ClN2O. The first-order chi connectivity index (χ1) is 5.76. The molecule has 0 saturated heterocycles. The number of aldehydes is 1. The number of hydrogen-bond acceptors (Lipinski definition) is 3. The van der Waals surface area contributed by atoms with Gasteiger partial charge in [0.2, 0.25) is 0 Å². The van der Waals surface area contributed by atoms with Crippen LogP contribution < -0.4 is 5.32 Å². The van der Waals surface area contributed by atoms with Crippen LogP contribution in [0, 0.1) is 0 Å². The summed E-state index contributed by atoms with van der Waals surface area (Å²) in [5.74, 6) is 0.632. The zero-order chi connectivity index (χ0) is 8.97. The predicted octanol–water partition coefficient (Wildman–Crippen LogP) is 1.98. The lowest BCUT2D eigenvalue weighted by atomic mass is 10.3. The maximum atomic E-state index is 10.4. The molecule has 0 atom stereocenters. The summed E-state index contributed by atoms with van der Waals surface area (Å²) in [6, 6.07) is 3.18. The molecule has 1 aromatic heterocycles. The van der Waals surface area contributed by atoms with E-state index in [0.29, 0.717) is 16.5 Å². The minimum atomic E-state index is 0.329. The fourth-order valence-corrected chi connectivity index (χ4v) is 1.07. The number of nitrogens with one attached hydrogen (secondary N) is 1. The van der Waals surface area contributed by atoms with Crippen molar-refractivity contribution in [1.29, 1.82) is 0 Å². The lowest BCUT2D eigenvalue weighted by molar-refractivity contribution is 0.112. The van der Waals surface area contributed by atoms with E-state index >= 15 is 0 Å². The molecule has 1 heterocycles. The molecule has 0 aliphatic carbocycles. The van der Waals surface area contributed by atoms with Crippen molar-refractivity contribution >= 4 is 23.7 Å². The highest BCUT2D eigenvalue weighted by atomic mass is 35.5. The molecule has 0 radical (unpaired) electrons. The summed E-state index contributed by atoms with van der Waals surface area (Å²) < 4.78 is 0. The molecule has 0 bridgehead atoms. The number of nitrogens with zero attached hydrogens (tertiary/aromatic N) is 1. The van der Waals surface area contributed by atoms with Gasteiger partial charge >= 0.3 is 0 Å². The number of pyridine rings is 1. The number of rotatable bonds is 3. The number of carbonyl (C=O) groups excluding carboxylic acids is 1. The van der Waals surface area contributed by atoms with E-state index in [1.54, 1.807) is 6.07 Å². The minimum Gasteiger partial charge on any atom is -0.370 e. The maximum absolute atomic E-state index is 10.4. The molecule has 3 nitrogen and oxygen atoms in total. The van der Waals surface area contributed by atoms with Gasteiger partial charge in [-0.15, -0.1) is 0 Å². The van der Waals surface area contributed by atoms with Crippen molar-refractivity contribution in [2.45, 2.75) is 6.92 Å². The zero-order valence-corrected chi connectivity index (χ0v) is 7.43. The van der Waals surface area contributed by atoms with E-state index in [4.69, 9.17) is 11.6 Å². The van der Waals surface area contributed by atoms with Crippen LogP contribution in [0.5, 0.6) is 0 Å². The molecule has 64 valence electrons. The van der Waals surface area contributed by atoms with Crippen LogP contribution in [0.25, 0.3) is 0 Å². The Morgan fingerprint density at radius 2 is 2.42 bits per heavy atom. The van der Waals surface area contributed by atoms with Crippen LogP contribution >= 0.6 is 11.6 Å². The van der Waals surface area contributed by atoms with Crippen molar-refractivity contribution in [2.75, 3.05) is 11.9 Å². The molecule has 4 heteroatoms. The fourth-order valence-electron chi connectivity index (χ4n) is 0.856. The van der Waals surface area contributed by atoms with Crippen LogP contribution in [0.4, 0.5) is 5.82 Å². The van der Waals surface area contributed by atoms with Crippen LogP contribution in [-0.2, 0) is 0 Å². The average molecular weight is 185 g/mol. The second-order valence-corrected chi connectivity index (χ2v) is 2.64. The van der Waals surface area contributed by atoms with Gasteiger partial charge in [0.1, 0.15) is 17.3 Å². The van der Waals surface area contributed by atoms with Crippen molar-refractivity contribution < 1.29 is 4.79 Å². The fraction of sp³-hybridized carbons (Fsp3) is 0.250. The number of halogens is 1. The van der Waals surface area contributed by atoms with Crippen molar-refractivity contribution in [2.24, 2.45) is 0 Å².